The van der Waals surface area contributed by atoms with Crippen molar-refractivity contribution in [2.45, 2.75) is 0 Å². The van der Waals surface area contributed by atoms with Gasteiger partial charge in [-0.1, -0.05) is 164 Å². The maximum absolute atomic E-state index is 5.53. The van der Waals surface area contributed by atoms with E-state index in [1.165, 1.54) is 51.5 Å². The molecule has 0 amide bonds. The highest BCUT2D eigenvalue weighted by molar-refractivity contribution is 7.26. The fourth-order valence-corrected chi connectivity index (χ4v) is 11.1. The molecule has 3 aromatic heterocycles. The van der Waals surface area contributed by atoms with Crippen LogP contribution in [0.1, 0.15) is 0 Å². The summed E-state index contributed by atoms with van der Waals surface area (Å²) in [4.78, 5) is 16.5. The number of hydrogen-bond acceptors (Lipinski definition) is 5. The van der Waals surface area contributed by atoms with Crippen LogP contribution < -0.4 is 0 Å². The second kappa shape index (κ2) is 14.2. The molecule has 9 aromatic carbocycles. The van der Waals surface area contributed by atoms with E-state index in [0.29, 0.717) is 17.5 Å². The number of benzene rings is 9. The van der Waals surface area contributed by atoms with Crippen LogP contribution in [0.5, 0.6) is 0 Å². The maximum atomic E-state index is 5.53. The summed E-state index contributed by atoms with van der Waals surface area (Å²) in [6.07, 6.45) is 0. The number of rotatable bonds is 6. The second-order valence-corrected chi connectivity index (χ2v) is 17.2. The smallest absolute Gasteiger partial charge is 0.165 e. The third kappa shape index (κ3) is 5.82. The molecule has 60 heavy (non-hydrogen) atoms. The summed E-state index contributed by atoms with van der Waals surface area (Å²) in [5.41, 5.74) is 9.82. The molecular weight excluding hydrogens is 767 g/mol. The summed E-state index contributed by atoms with van der Waals surface area (Å²) in [5, 5.41) is 7.11. The summed E-state index contributed by atoms with van der Waals surface area (Å²) in [6.45, 7) is 0. The normalized spacial score (nSPS) is 11.7. The molecule has 0 saturated heterocycles. The van der Waals surface area contributed by atoms with Crippen LogP contribution in [0, 0.1) is 0 Å². The van der Waals surface area contributed by atoms with Crippen LogP contribution in [0.3, 0.4) is 0 Å². The molecule has 12 aromatic rings. The Morgan fingerprint density at radius 2 is 0.767 bits per heavy atom. The summed E-state index contributed by atoms with van der Waals surface area (Å²) < 4.78 is 4.83. The molecule has 0 spiro atoms. The average Bonchev–Trinajstić information content (AvgIpc) is 3.90. The number of fused-ring (bicyclic) bond motifs is 7. The highest BCUT2D eigenvalue weighted by Crippen LogP contribution is 2.44. The molecule has 0 N–H and O–H groups in total. The van der Waals surface area contributed by atoms with Crippen LogP contribution in [0.2, 0.25) is 0 Å². The second-order valence-electron chi connectivity index (χ2n) is 15.1. The van der Waals surface area contributed by atoms with Gasteiger partial charge in [0, 0.05) is 57.0 Å². The molecule has 0 saturated carbocycles. The van der Waals surface area contributed by atoms with Gasteiger partial charge in [0.15, 0.2) is 17.5 Å². The van der Waals surface area contributed by atoms with Gasteiger partial charge in [-0.05, 0) is 80.6 Å². The predicted octanol–water partition coefficient (Wildman–Crippen LogP) is 15.8. The van der Waals surface area contributed by atoms with Crippen LogP contribution in [0.4, 0.5) is 0 Å². The molecule has 0 unspecified atom stereocenters. The van der Waals surface area contributed by atoms with Crippen LogP contribution in [0.15, 0.2) is 200 Å². The third-order valence-corrected chi connectivity index (χ3v) is 14.0. The van der Waals surface area contributed by atoms with Crippen LogP contribution in [-0.4, -0.2) is 15.0 Å². The lowest BCUT2D eigenvalue weighted by molar-refractivity contribution is 1.08. The van der Waals surface area contributed by atoms with Crippen LogP contribution >= 0.6 is 22.7 Å². The predicted molar refractivity (Wildman–Crippen MR) is 256 cm³/mol. The van der Waals surface area contributed by atoms with Crippen molar-refractivity contribution < 1.29 is 0 Å². The van der Waals surface area contributed by atoms with E-state index < -0.39 is 0 Å². The minimum Gasteiger partial charge on any atom is -0.208 e. The molecule has 12 rings (SSSR count). The highest BCUT2D eigenvalue weighted by Gasteiger charge is 2.22. The van der Waals surface area contributed by atoms with E-state index in [0.717, 1.165) is 49.7 Å². The Kier molecular flexibility index (Phi) is 8.22. The molecule has 0 bridgehead atoms. The van der Waals surface area contributed by atoms with Crippen molar-refractivity contribution in [3.05, 3.63) is 200 Å². The molecule has 3 heterocycles. The molecule has 0 aliphatic rings. The lowest BCUT2D eigenvalue weighted by atomic mass is 9.90. The average molecular weight is 800 g/mol. The van der Waals surface area contributed by atoms with Crippen molar-refractivity contribution in [1.29, 1.82) is 0 Å². The third-order valence-electron chi connectivity index (χ3n) is 11.6. The lowest BCUT2D eigenvalue weighted by Crippen LogP contribution is -2.02. The van der Waals surface area contributed by atoms with E-state index in [1.54, 1.807) is 22.7 Å². The molecular formula is C55H33N3S2. The van der Waals surface area contributed by atoms with Crippen molar-refractivity contribution in [2.24, 2.45) is 0 Å². The maximum Gasteiger partial charge on any atom is 0.165 e. The van der Waals surface area contributed by atoms with Crippen molar-refractivity contribution >= 4 is 73.8 Å². The van der Waals surface area contributed by atoms with Crippen LogP contribution in [0.25, 0.3) is 119 Å². The van der Waals surface area contributed by atoms with E-state index in [2.05, 4.69) is 200 Å². The van der Waals surface area contributed by atoms with Gasteiger partial charge in [-0.15, -0.1) is 22.7 Å². The first-order valence-corrected chi connectivity index (χ1v) is 21.7. The Labute approximate surface area is 354 Å². The monoisotopic (exact) mass is 799 g/mol. The van der Waals surface area contributed by atoms with Gasteiger partial charge in [0.2, 0.25) is 0 Å². The largest absolute Gasteiger partial charge is 0.208 e. The first kappa shape index (κ1) is 34.7. The molecule has 0 radical (unpaired) electrons. The van der Waals surface area contributed by atoms with Gasteiger partial charge in [0.1, 0.15) is 0 Å². The van der Waals surface area contributed by atoms with Crippen molar-refractivity contribution in [3.8, 4) is 67.5 Å². The molecule has 0 aliphatic heterocycles. The Morgan fingerprint density at radius 1 is 0.283 bits per heavy atom. The molecule has 3 nitrogen and oxygen atoms in total. The Balaban J connectivity index is 1.16. The van der Waals surface area contributed by atoms with Gasteiger partial charge in [0.05, 0.1) is 0 Å². The van der Waals surface area contributed by atoms with E-state index in [-0.39, 0.29) is 0 Å². The van der Waals surface area contributed by atoms with E-state index >= 15 is 0 Å². The first-order valence-electron chi connectivity index (χ1n) is 20.1. The van der Waals surface area contributed by atoms with Gasteiger partial charge in [-0.3, -0.25) is 0 Å². The Bertz CT molecular complexity index is 3470. The summed E-state index contributed by atoms with van der Waals surface area (Å²) in [5.74, 6) is 1.96. The SMILES string of the molecule is c1ccc(-c2cccc(-c3ccc4cc(-c5ccccc5)ccc4c3-c3nc(-c4cccc5c4sc4ccccc45)nc(-c4cccc5c4sc4ccccc45)n3)c2)cc1. The summed E-state index contributed by atoms with van der Waals surface area (Å²) in [7, 11) is 0. The fourth-order valence-electron chi connectivity index (χ4n) is 8.69. The highest BCUT2D eigenvalue weighted by atomic mass is 32.1. The molecule has 0 fully saturated rings. The quantitative estimate of drug-likeness (QED) is 0.168. The van der Waals surface area contributed by atoms with Crippen LogP contribution in [-0.2, 0) is 0 Å². The minimum absolute atomic E-state index is 0.643. The van der Waals surface area contributed by atoms with Crippen molar-refractivity contribution in [2.75, 3.05) is 0 Å². The zero-order chi connectivity index (χ0) is 39.6. The standard InChI is InChI=1S/C55H33N3S2/c1-3-14-34(15-4-1)36-18-11-19-38(32-36)40-31-29-39-33-37(35-16-5-2-6-17-35)28-30-41(39)50(40)55-57-53(46-24-12-22-44-42-20-7-9-26-48(42)59-51(44)46)56-54(58-55)47-25-13-23-45-43-21-8-10-27-49(43)60-52(45)47/h1-33H. The van der Waals surface area contributed by atoms with Gasteiger partial charge in [-0.25, -0.2) is 15.0 Å². The van der Waals surface area contributed by atoms with E-state index in [1.807, 2.05) is 0 Å². The topological polar surface area (TPSA) is 38.7 Å². The Hall–Kier alpha value is -7.31. The molecule has 280 valence electrons. The van der Waals surface area contributed by atoms with Gasteiger partial charge >= 0.3 is 0 Å². The van der Waals surface area contributed by atoms with Gasteiger partial charge in [0.25, 0.3) is 0 Å². The van der Waals surface area contributed by atoms with Crippen molar-refractivity contribution in [1.82, 2.24) is 15.0 Å². The number of thiophene rings is 2. The lowest BCUT2D eigenvalue weighted by Gasteiger charge is -2.16. The zero-order valence-electron chi connectivity index (χ0n) is 32.2. The summed E-state index contributed by atoms with van der Waals surface area (Å²) >= 11 is 3.59. The number of hydrogen-bond donors (Lipinski definition) is 0. The van der Waals surface area contributed by atoms with Gasteiger partial charge < -0.3 is 0 Å². The van der Waals surface area contributed by atoms with Gasteiger partial charge in [-0.2, -0.15) is 0 Å². The fraction of sp³-hybridized carbons (Fsp3) is 0. The Morgan fingerprint density at radius 3 is 1.38 bits per heavy atom. The zero-order valence-corrected chi connectivity index (χ0v) is 33.8. The number of aromatic nitrogens is 3. The van der Waals surface area contributed by atoms with E-state index in [4.69, 9.17) is 15.0 Å². The van der Waals surface area contributed by atoms with E-state index in [9.17, 15) is 0 Å². The molecule has 0 aliphatic carbocycles. The van der Waals surface area contributed by atoms with Crippen molar-refractivity contribution in [3.63, 3.8) is 0 Å². The first-order chi connectivity index (χ1) is 29.7. The minimum atomic E-state index is 0.643. The number of nitrogens with zero attached hydrogens (tertiary/aromatic N) is 3. The summed E-state index contributed by atoms with van der Waals surface area (Å²) in [6, 6.07) is 71.5. The molecule has 0 atom stereocenters. The molecule has 5 heteroatoms.